The van der Waals surface area contributed by atoms with Gasteiger partial charge in [-0.3, -0.25) is 33.6 Å². The van der Waals surface area contributed by atoms with Gasteiger partial charge in [0.15, 0.2) is 0 Å². The number of hydrogen-bond donors (Lipinski definition) is 7. The maximum atomic E-state index is 14.7. The summed E-state index contributed by atoms with van der Waals surface area (Å²) < 4.78 is 11.0. The van der Waals surface area contributed by atoms with Crippen LogP contribution in [0, 0.1) is 11.8 Å². The van der Waals surface area contributed by atoms with E-state index in [-0.39, 0.29) is 44.6 Å². The highest BCUT2D eigenvalue weighted by Crippen LogP contribution is 2.26. The van der Waals surface area contributed by atoms with E-state index in [2.05, 4.69) is 31.9 Å². The molecule has 2 bridgehead atoms. The molecule has 69 heavy (non-hydrogen) atoms. The third kappa shape index (κ3) is 15.5. The summed E-state index contributed by atoms with van der Waals surface area (Å²) in [5.74, 6) is -7.32. The first-order valence-electron chi connectivity index (χ1n) is 23.6. The molecular weight excluding hydrogens is 893 g/mol. The normalized spacial score (nSPS) is 25.2. The van der Waals surface area contributed by atoms with Crippen molar-refractivity contribution in [2.75, 3.05) is 7.05 Å². The number of hydrogen-bond acceptors (Lipinski definition) is 12. The molecule has 20 heteroatoms. The average molecular weight is 963 g/mol. The minimum atomic E-state index is -1.70. The first kappa shape index (κ1) is 55.0. The van der Waals surface area contributed by atoms with Crippen molar-refractivity contribution in [2.45, 2.75) is 161 Å². The molecule has 7 N–H and O–H groups in total. The van der Waals surface area contributed by atoms with Crippen molar-refractivity contribution >= 4 is 53.4 Å². The average Bonchev–Trinajstić information content (AvgIpc) is 3.30. The Morgan fingerprint density at radius 2 is 1.38 bits per heavy atom. The van der Waals surface area contributed by atoms with Crippen LogP contribution in [0.25, 0.3) is 0 Å². The zero-order valence-electron chi connectivity index (χ0n) is 41.0. The van der Waals surface area contributed by atoms with E-state index in [4.69, 9.17) is 9.47 Å². The van der Waals surface area contributed by atoms with Crippen LogP contribution in [0.5, 0.6) is 0 Å². The van der Waals surface area contributed by atoms with E-state index in [1.807, 2.05) is 13.8 Å². The van der Waals surface area contributed by atoms with E-state index in [1.54, 1.807) is 81.4 Å². The van der Waals surface area contributed by atoms with E-state index in [9.17, 15) is 48.3 Å². The number of esters is 1. The highest BCUT2D eigenvalue weighted by atomic mass is 16.6. The molecule has 0 radical (unpaired) electrons. The Bertz CT molecular complexity index is 2120. The fraction of sp³-hybridized carbons (Fsp3) is 0.571. The second kappa shape index (κ2) is 25.7. The Morgan fingerprint density at radius 3 is 1.97 bits per heavy atom. The Morgan fingerprint density at radius 1 is 0.768 bits per heavy atom. The second-order valence-corrected chi connectivity index (χ2v) is 18.5. The number of rotatable bonds is 14. The maximum absolute atomic E-state index is 14.7. The van der Waals surface area contributed by atoms with Gasteiger partial charge in [-0.05, 0) is 69.4 Å². The van der Waals surface area contributed by atoms with Gasteiger partial charge in [-0.1, -0.05) is 102 Å². The Labute approximate surface area is 403 Å². The second-order valence-electron chi connectivity index (χ2n) is 18.5. The number of carbonyl (C=O) groups excluding carboxylic acids is 9. The van der Waals surface area contributed by atoms with E-state index in [0.29, 0.717) is 12.0 Å². The zero-order valence-corrected chi connectivity index (χ0v) is 41.0. The van der Waals surface area contributed by atoms with Gasteiger partial charge in [-0.2, -0.15) is 0 Å². The molecule has 20 nitrogen and oxygen atoms in total. The highest BCUT2D eigenvalue weighted by Gasteiger charge is 2.46. The Balaban J connectivity index is 1.69. The summed E-state index contributed by atoms with van der Waals surface area (Å²) in [7, 11) is 1.41. The number of aliphatic hydroxyl groups excluding tert-OH is 1. The van der Waals surface area contributed by atoms with E-state index < -0.39 is 120 Å². The summed E-state index contributed by atoms with van der Waals surface area (Å²) in [4.78, 5) is 128. The third-order valence-electron chi connectivity index (χ3n) is 12.1. The fourth-order valence-electron chi connectivity index (χ4n) is 8.06. The first-order chi connectivity index (χ1) is 32.6. The lowest BCUT2D eigenvalue weighted by Crippen LogP contribution is -2.65. The molecule has 4 rings (SSSR count). The van der Waals surface area contributed by atoms with Crippen molar-refractivity contribution in [3.8, 4) is 0 Å². The van der Waals surface area contributed by atoms with Gasteiger partial charge in [0, 0.05) is 13.5 Å². The van der Waals surface area contributed by atoms with Crippen molar-refractivity contribution < 1.29 is 57.7 Å². The van der Waals surface area contributed by atoms with Crippen molar-refractivity contribution in [1.29, 1.82) is 0 Å². The van der Waals surface area contributed by atoms with Gasteiger partial charge in [-0.25, -0.2) is 9.59 Å². The number of aliphatic hydroxyl groups is 1. The number of fused-ring (bicyclic) bond motifs is 2. The molecule has 2 aromatic rings. The van der Waals surface area contributed by atoms with Gasteiger partial charge >= 0.3 is 12.1 Å². The van der Waals surface area contributed by atoms with Crippen LogP contribution < -0.4 is 31.9 Å². The topological polar surface area (TPSA) is 271 Å². The Kier molecular flexibility index (Phi) is 20.5. The molecule has 0 spiro atoms. The van der Waals surface area contributed by atoms with Crippen molar-refractivity contribution in [2.24, 2.45) is 11.8 Å². The molecule has 378 valence electrons. The lowest BCUT2D eigenvalue weighted by Gasteiger charge is -2.43. The van der Waals surface area contributed by atoms with Crippen molar-refractivity contribution in [3.05, 3.63) is 71.8 Å². The number of benzene rings is 2. The van der Waals surface area contributed by atoms with E-state index in [0.717, 1.165) is 10.5 Å². The predicted molar refractivity (Wildman–Crippen MR) is 252 cm³/mol. The van der Waals surface area contributed by atoms with Gasteiger partial charge in [0.1, 0.15) is 67.3 Å². The monoisotopic (exact) mass is 963 g/mol. The van der Waals surface area contributed by atoms with E-state index in [1.165, 1.54) is 32.7 Å². The minimum absolute atomic E-state index is 0.00136. The van der Waals surface area contributed by atoms with Crippen LogP contribution in [0.2, 0.25) is 0 Å². The molecule has 2 aromatic carbocycles. The summed E-state index contributed by atoms with van der Waals surface area (Å²) in [6.45, 7) is 12.7. The molecule has 0 aromatic heterocycles. The molecule has 2 fully saturated rings. The molecule has 0 aliphatic carbocycles. The smallest absolute Gasteiger partial charge is 0.408 e. The quantitative estimate of drug-likeness (QED) is 0.133. The van der Waals surface area contributed by atoms with Gasteiger partial charge in [-0.15, -0.1) is 0 Å². The minimum Gasteiger partial charge on any atom is -0.458 e. The number of cyclic esters (lactones) is 1. The standard InChI is InChI=1S/C49H70N8O12/c1-10-17-34-43(61)53-35-22-23-38(58)57(46(35)64)37(24-27(2)3)47(65)56(9)36(25-32-18-13-11-14-19-32)44(62)54-39(28(4)5)48(66)69-31(8)40(45(63)52-34)55-42(60)29(6)50-41(59)30(7)51-49(67)68-26-33-20-15-12-16-21-33/h11-16,18-21,27-31,34-40,58H,10,17,22-26H2,1-9H3,(H,50,59)(H,51,67)(H,52,63)(H,53,61)(H,54,62)(H,55,60)/t29-,30?,31+,34-,35-,36-,37-,38+,39-,40-/m0/s1. The highest BCUT2D eigenvalue weighted by molar-refractivity contribution is 5.98. The van der Waals surface area contributed by atoms with Crippen LogP contribution in [0.3, 0.4) is 0 Å². The summed E-state index contributed by atoms with van der Waals surface area (Å²) in [6, 6.07) is 7.17. The lowest BCUT2D eigenvalue weighted by molar-refractivity contribution is -0.166. The number of piperidine rings is 1. The number of alkyl carbamates (subject to hydrolysis) is 1. The van der Waals surface area contributed by atoms with Gasteiger partial charge < -0.3 is 56.3 Å². The largest absolute Gasteiger partial charge is 0.458 e. The van der Waals surface area contributed by atoms with Crippen molar-refractivity contribution in [3.63, 3.8) is 0 Å². The summed E-state index contributed by atoms with van der Waals surface area (Å²) >= 11 is 0. The number of likely N-dealkylation sites (N-methyl/N-ethyl adjacent to an activating group) is 1. The molecule has 2 aliphatic heterocycles. The molecule has 2 heterocycles. The maximum Gasteiger partial charge on any atom is 0.408 e. The molecular formula is C49H70N8O12. The summed E-state index contributed by atoms with van der Waals surface area (Å²) in [5, 5.41) is 26.9. The van der Waals surface area contributed by atoms with Gasteiger partial charge in [0.25, 0.3) is 0 Å². The van der Waals surface area contributed by atoms with Crippen LogP contribution in [0.1, 0.15) is 98.6 Å². The number of carbonyl (C=O) groups is 9. The number of nitrogens with zero attached hydrogens (tertiary/aromatic N) is 2. The Hall–Kier alpha value is -6.57. The predicted octanol–water partition coefficient (Wildman–Crippen LogP) is 1.57. The van der Waals surface area contributed by atoms with Crippen LogP contribution in [-0.2, 0) is 60.9 Å². The number of nitrogens with one attached hydrogen (secondary N) is 6. The van der Waals surface area contributed by atoms with Crippen molar-refractivity contribution in [1.82, 2.24) is 41.7 Å². The van der Waals surface area contributed by atoms with Gasteiger partial charge in [0.2, 0.25) is 41.4 Å². The molecule has 2 aliphatic rings. The van der Waals surface area contributed by atoms with Crippen LogP contribution in [0.15, 0.2) is 60.7 Å². The van der Waals surface area contributed by atoms with Crippen LogP contribution in [0.4, 0.5) is 4.79 Å². The molecule has 2 saturated heterocycles. The molecule has 8 amide bonds. The summed E-state index contributed by atoms with van der Waals surface area (Å²) in [6.07, 6.45) is -3.25. The third-order valence-corrected chi connectivity index (χ3v) is 12.1. The first-order valence-corrected chi connectivity index (χ1v) is 23.6. The molecule has 0 saturated carbocycles. The number of ether oxygens (including phenoxy) is 2. The number of amides is 8. The SMILES string of the molecule is CCC[C@@H]1NC(=O)[C@@H](NC(=O)[C@H](C)NC(=O)C(C)NC(=O)OCc2ccccc2)[C@@H](C)OC(=O)[C@H](C(C)C)NC(=O)[C@H](Cc2ccccc2)N(C)C(=O)[C@H](CC(C)C)N2C(=O)[C@H](CC[C@H]2O)NC1=O. The van der Waals surface area contributed by atoms with Crippen LogP contribution >= 0.6 is 0 Å². The molecule has 10 atom stereocenters. The lowest BCUT2D eigenvalue weighted by atomic mass is 9.94. The summed E-state index contributed by atoms with van der Waals surface area (Å²) in [5.41, 5.74) is 1.40. The zero-order chi connectivity index (χ0) is 51.1. The molecule has 1 unspecified atom stereocenters. The fourth-order valence-corrected chi connectivity index (χ4v) is 8.06. The van der Waals surface area contributed by atoms with Crippen LogP contribution in [-0.4, -0.2) is 136 Å². The van der Waals surface area contributed by atoms with E-state index >= 15 is 0 Å². The van der Waals surface area contributed by atoms with Gasteiger partial charge in [0.05, 0.1) is 0 Å².